The zero-order chi connectivity index (χ0) is 22.3. The van der Waals surface area contributed by atoms with E-state index in [0.717, 1.165) is 6.54 Å². The van der Waals surface area contributed by atoms with E-state index in [1.165, 1.54) is 94.7 Å². The average molecular weight is 433 g/mol. The Bertz CT molecular complexity index is 740. The number of anilines is 1. The molecule has 0 aromatic heterocycles. The molecular formula is C30H44N2. The summed E-state index contributed by atoms with van der Waals surface area (Å²) in [7, 11) is 0. The van der Waals surface area contributed by atoms with Crippen LogP contribution in [0.5, 0.6) is 0 Å². The first kappa shape index (κ1) is 24.4. The molecule has 0 N–H and O–H groups in total. The molecule has 2 heteroatoms. The maximum absolute atomic E-state index is 2.51. The molecule has 0 spiro atoms. The molecule has 0 aliphatic carbocycles. The largest absolute Gasteiger partial charge is 0.352 e. The van der Waals surface area contributed by atoms with E-state index in [9.17, 15) is 0 Å². The molecular weight excluding hydrogens is 388 g/mol. The van der Waals surface area contributed by atoms with Gasteiger partial charge in [0.25, 0.3) is 0 Å². The highest BCUT2D eigenvalue weighted by atomic mass is 15.4. The lowest BCUT2D eigenvalue weighted by molar-refractivity contribution is 0.297. The lowest BCUT2D eigenvalue weighted by Gasteiger charge is -2.33. The van der Waals surface area contributed by atoms with E-state index in [-0.39, 0.29) is 6.17 Å². The molecule has 0 fully saturated rings. The van der Waals surface area contributed by atoms with E-state index in [1.807, 2.05) is 0 Å². The summed E-state index contributed by atoms with van der Waals surface area (Å²) in [5, 5.41) is 0. The summed E-state index contributed by atoms with van der Waals surface area (Å²) < 4.78 is 0. The van der Waals surface area contributed by atoms with Gasteiger partial charge >= 0.3 is 0 Å². The third-order valence-corrected chi connectivity index (χ3v) is 6.67. The smallest absolute Gasteiger partial charge is 0.132 e. The number of rotatable bonds is 16. The number of unbranched alkanes of at least 4 members (excludes halogenated alkanes) is 12. The minimum Gasteiger partial charge on any atom is -0.352 e. The molecule has 174 valence electrons. The van der Waals surface area contributed by atoms with Gasteiger partial charge in [0.1, 0.15) is 6.17 Å². The monoisotopic (exact) mass is 432 g/mol. The van der Waals surface area contributed by atoms with Crippen molar-refractivity contribution < 1.29 is 0 Å². The molecule has 1 aliphatic heterocycles. The van der Waals surface area contributed by atoms with Gasteiger partial charge in [0, 0.05) is 24.6 Å². The Morgan fingerprint density at radius 2 is 1.06 bits per heavy atom. The Morgan fingerprint density at radius 1 is 0.562 bits per heavy atom. The Labute approximate surface area is 197 Å². The molecule has 0 bridgehead atoms. The van der Waals surface area contributed by atoms with Crippen molar-refractivity contribution >= 4 is 5.69 Å². The van der Waals surface area contributed by atoms with E-state index >= 15 is 0 Å². The van der Waals surface area contributed by atoms with E-state index in [1.54, 1.807) is 0 Å². The van der Waals surface area contributed by atoms with E-state index < -0.39 is 0 Å². The van der Waals surface area contributed by atoms with Crippen molar-refractivity contribution in [3.05, 3.63) is 78.6 Å². The van der Waals surface area contributed by atoms with Crippen LogP contribution in [-0.4, -0.2) is 11.4 Å². The van der Waals surface area contributed by atoms with E-state index in [0.29, 0.717) is 0 Å². The van der Waals surface area contributed by atoms with Gasteiger partial charge in [-0.2, -0.15) is 0 Å². The summed E-state index contributed by atoms with van der Waals surface area (Å²) in [5.74, 6) is 0. The van der Waals surface area contributed by atoms with Crippen molar-refractivity contribution in [1.82, 2.24) is 4.90 Å². The van der Waals surface area contributed by atoms with Crippen molar-refractivity contribution in [3.63, 3.8) is 0 Å². The summed E-state index contributed by atoms with van der Waals surface area (Å²) in [4.78, 5) is 4.92. The molecule has 0 amide bonds. The maximum Gasteiger partial charge on any atom is 0.132 e. The quantitative estimate of drug-likeness (QED) is 0.244. The van der Waals surface area contributed by atoms with Gasteiger partial charge in [0.15, 0.2) is 0 Å². The highest BCUT2D eigenvalue weighted by Crippen LogP contribution is 2.35. The minimum absolute atomic E-state index is 0.260. The Hall–Kier alpha value is -2.22. The van der Waals surface area contributed by atoms with E-state index in [4.69, 9.17) is 0 Å². The van der Waals surface area contributed by atoms with Crippen LogP contribution >= 0.6 is 0 Å². The normalized spacial score (nSPS) is 15.6. The molecule has 2 aromatic carbocycles. The molecule has 0 radical (unpaired) electrons. The summed E-state index contributed by atoms with van der Waals surface area (Å²) in [6.07, 6.45) is 23.1. The van der Waals surface area contributed by atoms with Crippen molar-refractivity contribution in [1.29, 1.82) is 0 Å². The van der Waals surface area contributed by atoms with Crippen LogP contribution in [0, 0.1) is 0 Å². The number of para-hydroxylation sites is 1. The van der Waals surface area contributed by atoms with Crippen molar-refractivity contribution in [2.75, 3.05) is 11.4 Å². The second kappa shape index (κ2) is 14.8. The topological polar surface area (TPSA) is 6.48 Å². The van der Waals surface area contributed by atoms with Crippen LogP contribution in [0.3, 0.4) is 0 Å². The van der Waals surface area contributed by atoms with Crippen LogP contribution in [0.15, 0.2) is 73.1 Å². The van der Waals surface area contributed by atoms with Crippen LogP contribution in [-0.2, 0) is 0 Å². The zero-order valence-electron chi connectivity index (χ0n) is 20.3. The molecule has 2 aromatic rings. The Morgan fingerprint density at radius 3 is 1.62 bits per heavy atom. The standard InChI is InChI=1S/C30H44N2/c1-2-3-4-5-6-7-8-9-10-11-12-13-20-25-31-26-27-32(29-23-18-15-19-24-29)30(31)28-21-16-14-17-22-28/h14-19,21-24,26-27,30H,2-13,20,25H2,1H3. The van der Waals surface area contributed by atoms with Crippen LogP contribution in [0.1, 0.15) is 102 Å². The minimum atomic E-state index is 0.260. The third-order valence-electron chi connectivity index (χ3n) is 6.67. The van der Waals surface area contributed by atoms with Crippen molar-refractivity contribution in [3.8, 4) is 0 Å². The molecule has 0 saturated heterocycles. The lowest BCUT2D eigenvalue weighted by Crippen LogP contribution is -2.31. The van der Waals surface area contributed by atoms with Gasteiger partial charge in [0.05, 0.1) is 0 Å². The fourth-order valence-corrected chi connectivity index (χ4v) is 4.79. The first-order chi connectivity index (χ1) is 15.9. The van der Waals surface area contributed by atoms with Gasteiger partial charge in [-0.05, 0) is 24.1 Å². The number of hydrogen-bond donors (Lipinski definition) is 0. The first-order valence-electron chi connectivity index (χ1n) is 13.2. The van der Waals surface area contributed by atoms with Gasteiger partial charge < -0.3 is 9.80 Å². The predicted molar refractivity (Wildman–Crippen MR) is 140 cm³/mol. The number of hydrogen-bond acceptors (Lipinski definition) is 2. The molecule has 1 aliphatic rings. The Balaban J connectivity index is 1.33. The summed E-state index contributed by atoms with van der Waals surface area (Å²) in [5.41, 5.74) is 2.61. The molecule has 1 heterocycles. The average Bonchev–Trinajstić information content (AvgIpc) is 3.27. The Kier molecular flexibility index (Phi) is 11.3. The van der Waals surface area contributed by atoms with Gasteiger partial charge in [-0.25, -0.2) is 0 Å². The lowest BCUT2D eigenvalue weighted by atomic mass is 10.0. The zero-order valence-corrected chi connectivity index (χ0v) is 20.3. The molecule has 32 heavy (non-hydrogen) atoms. The van der Waals surface area contributed by atoms with Gasteiger partial charge in [-0.15, -0.1) is 0 Å². The maximum atomic E-state index is 2.51. The van der Waals surface area contributed by atoms with Gasteiger partial charge in [-0.3, -0.25) is 0 Å². The summed E-state index contributed by atoms with van der Waals surface area (Å²) in [6.45, 7) is 3.42. The second-order valence-electron chi connectivity index (χ2n) is 9.31. The van der Waals surface area contributed by atoms with Gasteiger partial charge in [-0.1, -0.05) is 133 Å². The molecule has 3 rings (SSSR count). The fraction of sp³-hybridized carbons (Fsp3) is 0.533. The summed E-state index contributed by atoms with van der Waals surface area (Å²) in [6, 6.07) is 21.7. The van der Waals surface area contributed by atoms with Crippen LogP contribution in [0.25, 0.3) is 0 Å². The van der Waals surface area contributed by atoms with Crippen LogP contribution in [0.4, 0.5) is 5.69 Å². The van der Waals surface area contributed by atoms with Crippen molar-refractivity contribution in [2.24, 2.45) is 0 Å². The molecule has 0 saturated carbocycles. The molecule has 1 unspecified atom stereocenters. The second-order valence-corrected chi connectivity index (χ2v) is 9.31. The third kappa shape index (κ3) is 8.04. The van der Waals surface area contributed by atoms with Crippen molar-refractivity contribution in [2.45, 2.75) is 96.6 Å². The molecule has 1 atom stereocenters. The van der Waals surface area contributed by atoms with Crippen LogP contribution < -0.4 is 4.90 Å². The first-order valence-corrected chi connectivity index (χ1v) is 13.2. The predicted octanol–water partition coefficient (Wildman–Crippen LogP) is 9.07. The number of benzene rings is 2. The van der Waals surface area contributed by atoms with E-state index in [2.05, 4.69) is 89.8 Å². The fourth-order valence-electron chi connectivity index (χ4n) is 4.79. The summed E-state index contributed by atoms with van der Waals surface area (Å²) >= 11 is 0. The van der Waals surface area contributed by atoms with Crippen LogP contribution in [0.2, 0.25) is 0 Å². The molecule has 2 nitrogen and oxygen atoms in total. The highest BCUT2D eigenvalue weighted by Gasteiger charge is 2.28. The highest BCUT2D eigenvalue weighted by molar-refractivity contribution is 5.53. The number of nitrogens with zero attached hydrogens (tertiary/aromatic N) is 2. The SMILES string of the molecule is CCCCCCCCCCCCCCCN1C=CN(c2ccccc2)C1c1ccccc1. The van der Waals surface area contributed by atoms with Gasteiger partial charge in [0.2, 0.25) is 0 Å².